The van der Waals surface area contributed by atoms with Gasteiger partial charge in [-0.2, -0.15) is 5.10 Å². The molecule has 116 valence electrons. The minimum atomic E-state index is -0.153. The Morgan fingerprint density at radius 1 is 1.48 bits per heavy atom. The van der Waals surface area contributed by atoms with Crippen LogP contribution >= 0.6 is 0 Å². The molecule has 0 saturated carbocycles. The second-order valence-corrected chi connectivity index (χ2v) is 6.18. The van der Waals surface area contributed by atoms with Gasteiger partial charge in [0.05, 0.1) is 24.3 Å². The lowest BCUT2D eigenvalue weighted by Crippen LogP contribution is -2.46. The molecule has 3 heterocycles. The first-order valence-corrected chi connectivity index (χ1v) is 7.76. The normalized spacial score (nSPS) is 26.8. The van der Waals surface area contributed by atoms with E-state index in [-0.39, 0.29) is 11.8 Å². The van der Waals surface area contributed by atoms with Gasteiger partial charge in [-0.15, -0.1) is 0 Å². The van der Waals surface area contributed by atoms with Crippen LogP contribution in [0.25, 0.3) is 0 Å². The molecule has 1 aromatic rings. The third kappa shape index (κ3) is 3.44. The molecule has 0 aromatic carbocycles. The minimum Gasteiger partial charge on any atom is -0.372 e. The van der Waals surface area contributed by atoms with E-state index < -0.39 is 0 Å². The van der Waals surface area contributed by atoms with Crippen molar-refractivity contribution < 1.29 is 9.53 Å². The monoisotopic (exact) mass is 292 g/mol. The molecule has 6 heteroatoms. The number of hydrogen-bond acceptors (Lipinski definition) is 4. The topological polar surface area (TPSA) is 59.4 Å². The number of nitrogens with one attached hydrogen (secondary N) is 1. The number of carbonyl (C=O) groups is 1. The predicted octanol–water partition coefficient (Wildman–Crippen LogP) is 0.503. The molecule has 2 bridgehead atoms. The van der Waals surface area contributed by atoms with Gasteiger partial charge in [0.25, 0.3) is 0 Å². The van der Waals surface area contributed by atoms with Crippen molar-refractivity contribution in [3.05, 3.63) is 18.0 Å². The zero-order chi connectivity index (χ0) is 14.8. The maximum absolute atomic E-state index is 12.1. The number of ether oxygens (including phenoxy) is 1. The highest BCUT2D eigenvalue weighted by molar-refractivity contribution is 5.82. The summed E-state index contributed by atoms with van der Waals surface area (Å²) in [6.45, 7) is 5.53. The Kier molecular flexibility index (Phi) is 4.26. The minimum absolute atomic E-state index is 0.0687. The van der Waals surface area contributed by atoms with Crippen LogP contribution in [0.4, 0.5) is 0 Å². The highest BCUT2D eigenvalue weighted by Crippen LogP contribution is 2.25. The van der Waals surface area contributed by atoms with Gasteiger partial charge >= 0.3 is 0 Å². The Morgan fingerprint density at radius 2 is 2.19 bits per heavy atom. The molecule has 0 spiro atoms. The molecule has 0 radical (unpaired) electrons. The molecule has 2 aliphatic heterocycles. The van der Waals surface area contributed by atoms with Gasteiger partial charge in [-0.25, -0.2) is 0 Å². The second-order valence-electron chi connectivity index (χ2n) is 6.18. The molecule has 1 aromatic heterocycles. The number of aromatic nitrogens is 2. The first kappa shape index (κ1) is 14.5. The Morgan fingerprint density at radius 3 is 2.81 bits per heavy atom. The maximum Gasteiger partial charge on any atom is 0.227 e. The summed E-state index contributed by atoms with van der Waals surface area (Å²) in [7, 11) is 1.86. The summed E-state index contributed by atoms with van der Waals surface area (Å²) in [5.41, 5.74) is 0.958. The van der Waals surface area contributed by atoms with Gasteiger partial charge in [-0.1, -0.05) is 0 Å². The van der Waals surface area contributed by atoms with Crippen LogP contribution in [0, 0.1) is 0 Å². The molecule has 3 atom stereocenters. The van der Waals surface area contributed by atoms with Gasteiger partial charge in [0.15, 0.2) is 0 Å². The number of likely N-dealkylation sites (tertiary alicyclic amines) is 1. The molecule has 2 fully saturated rings. The average Bonchev–Trinajstić information content (AvgIpc) is 3.04. The first-order chi connectivity index (χ1) is 10.1. The SMILES string of the molecule is CC(C(=O)NCCN1CC2CCC(C1)O2)c1cnn(C)c1. The molecule has 1 amide bonds. The van der Waals surface area contributed by atoms with E-state index in [2.05, 4.69) is 15.3 Å². The molecule has 6 nitrogen and oxygen atoms in total. The smallest absolute Gasteiger partial charge is 0.227 e. The van der Waals surface area contributed by atoms with Crippen molar-refractivity contribution in [2.24, 2.45) is 7.05 Å². The average molecular weight is 292 g/mol. The summed E-state index contributed by atoms with van der Waals surface area (Å²) >= 11 is 0. The van der Waals surface area contributed by atoms with E-state index in [4.69, 9.17) is 4.74 Å². The van der Waals surface area contributed by atoms with Crippen LogP contribution in [0.1, 0.15) is 31.2 Å². The fraction of sp³-hybridized carbons (Fsp3) is 0.733. The quantitative estimate of drug-likeness (QED) is 0.859. The fourth-order valence-corrected chi connectivity index (χ4v) is 3.19. The van der Waals surface area contributed by atoms with E-state index in [0.29, 0.717) is 18.8 Å². The molecular weight excluding hydrogens is 268 g/mol. The maximum atomic E-state index is 12.1. The van der Waals surface area contributed by atoms with Crippen molar-refractivity contribution in [1.29, 1.82) is 0 Å². The summed E-state index contributed by atoms with van der Waals surface area (Å²) < 4.78 is 7.54. The predicted molar refractivity (Wildman–Crippen MR) is 79.0 cm³/mol. The lowest BCUT2D eigenvalue weighted by molar-refractivity contribution is -0.122. The van der Waals surface area contributed by atoms with Gasteiger partial charge in [0.1, 0.15) is 0 Å². The van der Waals surface area contributed by atoms with Crippen molar-refractivity contribution in [3.8, 4) is 0 Å². The van der Waals surface area contributed by atoms with Gasteiger partial charge in [-0.3, -0.25) is 14.4 Å². The molecule has 3 rings (SSSR count). The molecule has 0 aliphatic carbocycles. The Hall–Kier alpha value is -1.40. The van der Waals surface area contributed by atoms with Crippen LogP contribution in [0.2, 0.25) is 0 Å². The molecule has 2 aliphatic rings. The Labute approximate surface area is 125 Å². The van der Waals surface area contributed by atoms with Crippen molar-refractivity contribution in [2.75, 3.05) is 26.2 Å². The van der Waals surface area contributed by atoms with Crippen LogP contribution in [-0.2, 0) is 16.6 Å². The van der Waals surface area contributed by atoms with E-state index in [9.17, 15) is 4.79 Å². The van der Waals surface area contributed by atoms with Crippen LogP contribution in [-0.4, -0.2) is 59.0 Å². The molecule has 2 saturated heterocycles. The number of fused-ring (bicyclic) bond motifs is 2. The largest absolute Gasteiger partial charge is 0.372 e. The van der Waals surface area contributed by atoms with Gasteiger partial charge in [0, 0.05) is 45.0 Å². The second kappa shape index (κ2) is 6.15. The summed E-state index contributed by atoms with van der Waals surface area (Å²) in [6.07, 6.45) is 6.84. The first-order valence-electron chi connectivity index (χ1n) is 7.76. The van der Waals surface area contributed by atoms with Crippen molar-refractivity contribution in [2.45, 2.75) is 37.9 Å². The Bertz CT molecular complexity index is 490. The number of rotatable bonds is 5. The zero-order valence-electron chi connectivity index (χ0n) is 12.8. The number of morpholine rings is 1. The van der Waals surface area contributed by atoms with Crippen LogP contribution in [0.5, 0.6) is 0 Å². The van der Waals surface area contributed by atoms with Gasteiger partial charge in [-0.05, 0) is 19.8 Å². The summed E-state index contributed by atoms with van der Waals surface area (Å²) in [6, 6.07) is 0. The van der Waals surface area contributed by atoms with Crippen LogP contribution in [0.15, 0.2) is 12.4 Å². The van der Waals surface area contributed by atoms with Crippen molar-refractivity contribution >= 4 is 5.91 Å². The summed E-state index contributed by atoms with van der Waals surface area (Å²) in [4.78, 5) is 14.5. The lowest BCUT2D eigenvalue weighted by Gasteiger charge is -2.32. The van der Waals surface area contributed by atoms with Crippen LogP contribution in [0.3, 0.4) is 0 Å². The number of hydrogen-bond donors (Lipinski definition) is 1. The van der Waals surface area contributed by atoms with E-state index in [1.54, 1.807) is 10.9 Å². The van der Waals surface area contributed by atoms with Gasteiger partial charge < -0.3 is 10.1 Å². The molecule has 1 N–H and O–H groups in total. The number of amides is 1. The summed E-state index contributed by atoms with van der Waals surface area (Å²) in [5.74, 6) is -0.0844. The lowest BCUT2D eigenvalue weighted by atomic mass is 10.0. The third-order valence-electron chi connectivity index (χ3n) is 4.46. The van der Waals surface area contributed by atoms with E-state index in [1.165, 1.54) is 12.8 Å². The molecular formula is C15H24N4O2. The van der Waals surface area contributed by atoms with E-state index in [1.807, 2.05) is 20.2 Å². The third-order valence-corrected chi connectivity index (χ3v) is 4.46. The van der Waals surface area contributed by atoms with E-state index >= 15 is 0 Å². The van der Waals surface area contributed by atoms with Crippen LogP contribution < -0.4 is 5.32 Å². The summed E-state index contributed by atoms with van der Waals surface area (Å²) in [5, 5.41) is 7.14. The van der Waals surface area contributed by atoms with Gasteiger partial charge in [0.2, 0.25) is 5.91 Å². The standard InChI is InChI=1S/C15H24N4O2/c1-11(12-7-17-18(2)8-12)15(20)16-5-6-19-9-13-3-4-14(10-19)21-13/h7-8,11,13-14H,3-6,9-10H2,1-2H3,(H,16,20). The molecule has 21 heavy (non-hydrogen) atoms. The highest BCUT2D eigenvalue weighted by Gasteiger charge is 2.33. The number of aryl methyl sites for hydroxylation is 1. The van der Waals surface area contributed by atoms with Crippen molar-refractivity contribution in [1.82, 2.24) is 20.0 Å². The highest BCUT2D eigenvalue weighted by atomic mass is 16.5. The molecule has 3 unspecified atom stereocenters. The van der Waals surface area contributed by atoms with E-state index in [0.717, 1.165) is 25.2 Å². The Balaban J connectivity index is 1.41. The number of nitrogens with zero attached hydrogens (tertiary/aromatic N) is 3. The number of carbonyl (C=O) groups excluding carboxylic acids is 1. The van der Waals surface area contributed by atoms with Crippen molar-refractivity contribution in [3.63, 3.8) is 0 Å². The fourth-order valence-electron chi connectivity index (χ4n) is 3.19. The zero-order valence-corrected chi connectivity index (χ0v) is 12.8.